The number of aliphatic hydroxyl groups excluding tert-OH is 2. The molecule has 3 N–H and O–H groups in total. The quantitative estimate of drug-likeness (QED) is 0.673. The van der Waals surface area contributed by atoms with E-state index in [1.54, 1.807) is 12.1 Å². The largest absolute Gasteiger partial charge is 0.394 e. The van der Waals surface area contributed by atoms with Crippen molar-refractivity contribution in [1.82, 2.24) is 4.98 Å². The summed E-state index contributed by atoms with van der Waals surface area (Å²) in [5.41, 5.74) is -0.306. The fourth-order valence-electron chi connectivity index (χ4n) is 1.28. The molecule has 5 nitrogen and oxygen atoms in total. The van der Waals surface area contributed by atoms with Crippen molar-refractivity contribution in [2.75, 3.05) is 18.5 Å². The lowest BCUT2D eigenvalue weighted by atomic mass is 9.98. The zero-order chi connectivity index (χ0) is 12.0. The maximum Gasteiger partial charge on any atom is 0.127 e. The fourth-order valence-corrected chi connectivity index (χ4v) is 1.28. The molecule has 86 valence electrons. The Morgan fingerprint density at radius 1 is 1.50 bits per heavy atom. The zero-order valence-corrected chi connectivity index (χ0v) is 9.14. The summed E-state index contributed by atoms with van der Waals surface area (Å²) >= 11 is 0. The van der Waals surface area contributed by atoms with Crippen molar-refractivity contribution < 1.29 is 10.2 Å². The predicted molar refractivity (Wildman–Crippen MR) is 59.8 cm³/mol. The smallest absolute Gasteiger partial charge is 0.127 e. The number of hydrogen-bond acceptors (Lipinski definition) is 5. The Labute approximate surface area is 94.4 Å². The number of hydrogen-bond donors (Lipinski definition) is 3. The molecule has 5 heteroatoms. The van der Waals surface area contributed by atoms with Crippen molar-refractivity contribution in [3.8, 4) is 6.07 Å². The van der Waals surface area contributed by atoms with E-state index in [1.165, 1.54) is 6.20 Å². The lowest BCUT2D eigenvalue weighted by Gasteiger charge is -2.30. The van der Waals surface area contributed by atoms with Gasteiger partial charge in [0.05, 0.1) is 30.4 Å². The van der Waals surface area contributed by atoms with Crippen LogP contribution in [-0.2, 0) is 0 Å². The van der Waals surface area contributed by atoms with E-state index in [1.807, 2.05) is 13.0 Å². The van der Waals surface area contributed by atoms with E-state index in [0.717, 1.165) is 0 Å². The molecule has 1 aromatic heterocycles. The fraction of sp³-hybridized carbons (Fsp3) is 0.455. The van der Waals surface area contributed by atoms with Crippen molar-refractivity contribution >= 4 is 5.82 Å². The van der Waals surface area contributed by atoms with Gasteiger partial charge in [0.15, 0.2) is 0 Å². The molecule has 0 fully saturated rings. The highest BCUT2D eigenvalue weighted by Gasteiger charge is 2.26. The van der Waals surface area contributed by atoms with Gasteiger partial charge in [-0.25, -0.2) is 4.98 Å². The van der Waals surface area contributed by atoms with Gasteiger partial charge in [-0.05, 0) is 18.6 Å². The molecule has 0 unspecified atom stereocenters. The summed E-state index contributed by atoms with van der Waals surface area (Å²) < 4.78 is 0. The molecule has 0 bridgehead atoms. The van der Waals surface area contributed by atoms with Gasteiger partial charge in [0.2, 0.25) is 0 Å². The minimum atomic E-state index is -0.791. The first kappa shape index (κ1) is 12.4. The van der Waals surface area contributed by atoms with Crippen molar-refractivity contribution in [3.05, 3.63) is 23.9 Å². The third kappa shape index (κ3) is 2.69. The average Bonchev–Trinajstić information content (AvgIpc) is 2.36. The summed E-state index contributed by atoms with van der Waals surface area (Å²) in [6, 6.07) is 5.18. The molecule has 1 rings (SSSR count). The van der Waals surface area contributed by atoms with Crippen LogP contribution in [-0.4, -0.2) is 33.9 Å². The van der Waals surface area contributed by atoms with Crippen LogP contribution in [0.2, 0.25) is 0 Å². The Hall–Kier alpha value is -1.64. The van der Waals surface area contributed by atoms with Crippen molar-refractivity contribution in [2.24, 2.45) is 0 Å². The number of rotatable bonds is 5. The molecule has 0 radical (unpaired) electrons. The molecule has 0 aliphatic rings. The van der Waals surface area contributed by atoms with Crippen LogP contribution in [0.3, 0.4) is 0 Å². The predicted octanol–water partition coefficient (Wildman–Crippen LogP) is 0.499. The second kappa shape index (κ2) is 5.45. The molecule has 0 atom stereocenters. The normalized spacial score (nSPS) is 10.9. The first-order valence-corrected chi connectivity index (χ1v) is 5.05. The standard InChI is InChI=1S/C11H15N3O2/c1-2-11(7-15,8-16)14-10-5-9(6-12)3-4-13-10/h3-5,15-16H,2,7-8H2,1H3,(H,13,14). The van der Waals surface area contributed by atoms with Crippen LogP contribution in [0.5, 0.6) is 0 Å². The molecular formula is C11H15N3O2. The Morgan fingerprint density at radius 2 is 2.19 bits per heavy atom. The number of nitriles is 1. The number of aliphatic hydroxyl groups is 2. The summed E-state index contributed by atoms with van der Waals surface area (Å²) in [5, 5.41) is 30.2. The van der Waals surface area contributed by atoms with Crippen molar-refractivity contribution in [3.63, 3.8) is 0 Å². The van der Waals surface area contributed by atoms with Crippen LogP contribution in [0.4, 0.5) is 5.82 Å². The molecule has 0 saturated carbocycles. The Morgan fingerprint density at radius 3 is 2.69 bits per heavy atom. The summed E-state index contributed by atoms with van der Waals surface area (Å²) in [4.78, 5) is 4.03. The maximum atomic E-state index is 9.25. The Kier molecular flexibility index (Phi) is 4.23. The number of aromatic nitrogens is 1. The highest BCUT2D eigenvalue weighted by molar-refractivity contribution is 5.44. The van der Waals surface area contributed by atoms with Gasteiger partial charge in [0, 0.05) is 6.20 Å². The van der Waals surface area contributed by atoms with Gasteiger partial charge < -0.3 is 15.5 Å². The SMILES string of the molecule is CCC(CO)(CO)Nc1cc(C#N)ccn1. The molecular weight excluding hydrogens is 206 g/mol. The van der Waals surface area contributed by atoms with E-state index in [9.17, 15) is 10.2 Å². The van der Waals surface area contributed by atoms with E-state index < -0.39 is 5.54 Å². The number of pyridine rings is 1. The van der Waals surface area contributed by atoms with Gasteiger partial charge in [-0.15, -0.1) is 0 Å². The Bertz CT molecular complexity index is 375. The first-order chi connectivity index (χ1) is 7.69. The van der Waals surface area contributed by atoms with Gasteiger partial charge in [-0.2, -0.15) is 5.26 Å². The summed E-state index contributed by atoms with van der Waals surface area (Å²) in [6.07, 6.45) is 2.06. The summed E-state index contributed by atoms with van der Waals surface area (Å²) in [5.74, 6) is 0.476. The third-order valence-corrected chi connectivity index (χ3v) is 2.56. The molecule has 16 heavy (non-hydrogen) atoms. The minimum Gasteiger partial charge on any atom is -0.394 e. The van der Waals surface area contributed by atoms with Crippen LogP contribution in [0.25, 0.3) is 0 Å². The van der Waals surface area contributed by atoms with Gasteiger partial charge in [-0.1, -0.05) is 6.92 Å². The van der Waals surface area contributed by atoms with E-state index in [2.05, 4.69) is 10.3 Å². The molecule has 0 spiro atoms. The molecule has 0 amide bonds. The zero-order valence-electron chi connectivity index (χ0n) is 9.14. The topological polar surface area (TPSA) is 89.2 Å². The lowest BCUT2D eigenvalue weighted by molar-refractivity contribution is 0.132. The highest BCUT2D eigenvalue weighted by atomic mass is 16.3. The molecule has 0 aromatic carbocycles. The number of nitrogens with zero attached hydrogens (tertiary/aromatic N) is 2. The molecule has 1 aromatic rings. The minimum absolute atomic E-state index is 0.196. The van der Waals surface area contributed by atoms with Gasteiger partial charge >= 0.3 is 0 Å². The van der Waals surface area contributed by atoms with Crippen LogP contribution in [0, 0.1) is 11.3 Å². The van der Waals surface area contributed by atoms with Crippen molar-refractivity contribution in [2.45, 2.75) is 18.9 Å². The molecule has 0 aliphatic carbocycles. The maximum absolute atomic E-state index is 9.25. The van der Waals surface area contributed by atoms with Gasteiger partial charge in [0.1, 0.15) is 5.82 Å². The molecule has 1 heterocycles. The monoisotopic (exact) mass is 221 g/mol. The average molecular weight is 221 g/mol. The summed E-state index contributed by atoms with van der Waals surface area (Å²) in [7, 11) is 0. The second-order valence-corrected chi connectivity index (χ2v) is 3.62. The molecule has 0 saturated heterocycles. The van der Waals surface area contributed by atoms with E-state index in [0.29, 0.717) is 17.8 Å². The van der Waals surface area contributed by atoms with E-state index in [-0.39, 0.29) is 13.2 Å². The van der Waals surface area contributed by atoms with Crippen LogP contribution in [0.15, 0.2) is 18.3 Å². The van der Waals surface area contributed by atoms with Crippen LogP contribution >= 0.6 is 0 Å². The van der Waals surface area contributed by atoms with E-state index in [4.69, 9.17) is 5.26 Å². The highest BCUT2D eigenvalue weighted by Crippen LogP contribution is 2.17. The molecule has 0 aliphatic heterocycles. The first-order valence-electron chi connectivity index (χ1n) is 5.05. The second-order valence-electron chi connectivity index (χ2n) is 3.62. The number of anilines is 1. The van der Waals surface area contributed by atoms with Crippen molar-refractivity contribution in [1.29, 1.82) is 5.26 Å². The number of nitrogens with one attached hydrogen (secondary N) is 1. The third-order valence-electron chi connectivity index (χ3n) is 2.56. The van der Waals surface area contributed by atoms with Crippen LogP contribution < -0.4 is 5.32 Å². The summed E-state index contributed by atoms with van der Waals surface area (Å²) in [6.45, 7) is 1.46. The lowest BCUT2D eigenvalue weighted by Crippen LogP contribution is -2.45. The van der Waals surface area contributed by atoms with Gasteiger partial charge in [0.25, 0.3) is 0 Å². The van der Waals surface area contributed by atoms with Gasteiger partial charge in [-0.3, -0.25) is 0 Å². The van der Waals surface area contributed by atoms with E-state index >= 15 is 0 Å². The Balaban J connectivity index is 2.90. The van der Waals surface area contributed by atoms with Crippen LogP contribution in [0.1, 0.15) is 18.9 Å².